The Labute approximate surface area is 157 Å². The molecule has 0 aliphatic rings. The SMILES string of the molecule is CCCCCCCCCCCCCCCCCCCOC(=O)OCC. The van der Waals surface area contributed by atoms with Gasteiger partial charge in [0.05, 0.1) is 13.2 Å². The van der Waals surface area contributed by atoms with Crippen molar-refractivity contribution in [3.05, 3.63) is 0 Å². The minimum Gasteiger partial charge on any atom is -0.435 e. The molecule has 0 aromatic heterocycles. The molecule has 150 valence electrons. The second kappa shape index (κ2) is 21.3. The highest BCUT2D eigenvalue weighted by molar-refractivity contribution is 5.59. The average Bonchev–Trinajstić information content (AvgIpc) is 2.61. The Kier molecular flexibility index (Phi) is 20.7. The van der Waals surface area contributed by atoms with E-state index in [4.69, 9.17) is 9.47 Å². The van der Waals surface area contributed by atoms with Gasteiger partial charge in [0.2, 0.25) is 0 Å². The summed E-state index contributed by atoms with van der Waals surface area (Å²) in [7, 11) is 0. The van der Waals surface area contributed by atoms with Crippen molar-refractivity contribution in [3.63, 3.8) is 0 Å². The summed E-state index contributed by atoms with van der Waals surface area (Å²) in [5, 5.41) is 0. The summed E-state index contributed by atoms with van der Waals surface area (Å²) in [5.74, 6) is 0. The summed E-state index contributed by atoms with van der Waals surface area (Å²) < 4.78 is 9.66. The van der Waals surface area contributed by atoms with Crippen LogP contribution >= 0.6 is 0 Å². The first kappa shape index (κ1) is 24.3. The minimum atomic E-state index is -0.529. The first-order chi connectivity index (χ1) is 12.3. The van der Waals surface area contributed by atoms with Crippen LogP contribution in [-0.2, 0) is 9.47 Å². The zero-order valence-corrected chi connectivity index (χ0v) is 17.2. The Hall–Kier alpha value is -0.730. The Morgan fingerprint density at radius 2 is 0.880 bits per heavy atom. The van der Waals surface area contributed by atoms with Gasteiger partial charge in [-0.3, -0.25) is 0 Å². The fourth-order valence-corrected chi connectivity index (χ4v) is 3.14. The molecular formula is C22H44O3. The van der Waals surface area contributed by atoms with Crippen LogP contribution in [0.1, 0.15) is 123 Å². The summed E-state index contributed by atoms with van der Waals surface area (Å²) in [6, 6.07) is 0. The van der Waals surface area contributed by atoms with Crippen LogP contribution in [0.2, 0.25) is 0 Å². The summed E-state index contributed by atoms with van der Waals surface area (Å²) in [5.41, 5.74) is 0. The van der Waals surface area contributed by atoms with E-state index in [1.807, 2.05) is 0 Å². The van der Waals surface area contributed by atoms with Gasteiger partial charge in [0.25, 0.3) is 0 Å². The van der Waals surface area contributed by atoms with Gasteiger partial charge < -0.3 is 9.47 Å². The Morgan fingerprint density at radius 3 is 1.24 bits per heavy atom. The van der Waals surface area contributed by atoms with Crippen molar-refractivity contribution in [3.8, 4) is 0 Å². The highest BCUT2D eigenvalue weighted by Gasteiger charge is 2.00. The van der Waals surface area contributed by atoms with Gasteiger partial charge in [0.15, 0.2) is 0 Å². The molecule has 0 aromatic carbocycles. The maximum absolute atomic E-state index is 11.0. The van der Waals surface area contributed by atoms with Crippen LogP contribution in [0, 0.1) is 0 Å². The molecule has 0 bridgehead atoms. The molecule has 3 heteroatoms. The van der Waals surface area contributed by atoms with Crippen LogP contribution in [-0.4, -0.2) is 19.4 Å². The van der Waals surface area contributed by atoms with E-state index in [0.717, 1.165) is 12.8 Å². The zero-order valence-electron chi connectivity index (χ0n) is 17.2. The molecule has 0 radical (unpaired) electrons. The molecule has 0 amide bonds. The number of carbonyl (C=O) groups is 1. The fourth-order valence-electron chi connectivity index (χ4n) is 3.14. The molecule has 0 rings (SSSR count). The fraction of sp³-hybridized carbons (Fsp3) is 0.955. The second-order valence-electron chi connectivity index (χ2n) is 7.19. The van der Waals surface area contributed by atoms with Gasteiger partial charge in [-0.15, -0.1) is 0 Å². The molecule has 25 heavy (non-hydrogen) atoms. The van der Waals surface area contributed by atoms with Crippen molar-refractivity contribution >= 4 is 6.16 Å². The predicted octanol–water partition coefficient (Wildman–Crippen LogP) is 7.81. The van der Waals surface area contributed by atoms with Crippen molar-refractivity contribution < 1.29 is 14.3 Å². The lowest BCUT2D eigenvalue weighted by Gasteiger charge is -2.05. The number of hydrogen-bond acceptors (Lipinski definition) is 3. The molecule has 0 saturated carbocycles. The van der Waals surface area contributed by atoms with E-state index in [2.05, 4.69) is 6.92 Å². The van der Waals surface area contributed by atoms with Crippen LogP contribution in [0.4, 0.5) is 4.79 Å². The number of ether oxygens (including phenoxy) is 2. The topological polar surface area (TPSA) is 35.5 Å². The standard InChI is InChI=1S/C22H44O3/c1-3-5-6-7-8-9-10-11-12-13-14-15-16-17-18-19-20-21-25-22(23)24-4-2/h3-21H2,1-2H3. The molecular weight excluding hydrogens is 312 g/mol. The van der Waals surface area contributed by atoms with Gasteiger partial charge in [-0.05, 0) is 13.3 Å². The molecule has 0 fully saturated rings. The number of rotatable bonds is 19. The van der Waals surface area contributed by atoms with Crippen molar-refractivity contribution in [1.82, 2.24) is 0 Å². The van der Waals surface area contributed by atoms with Crippen LogP contribution in [0.25, 0.3) is 0 Å². The molecule has 0 spiro atoms. The lowest BCUT2D eigenvalue weighted by molar-refractivity contribution is 0.0578. The first-order valence-corrected chi connectivity index (χ1v) is 11.1. The van der Waals surface area contributed by atoms with Crippen LogP contribution in [0.15, 0.2) is 0 Å². The second-order valence-corrected chi connectivity index (χ2v) is 7.19. The van der Waals surface area contributed by atoms with Crippen molar-refractivity contribution in [1.29, 1.82) is 0 Å². The van der Waals surface area contributed by atoms with Gasteiger partial charge in [-0.25, -0.2) is 4.79 Å². The third-order valence-corrected chi connectivity index (χ3v) is 4.73. The van der Waals surface area contributed by atoms with E-state index in [1.54, 1.807) is 6.92 Å². The number of unbranched alkanes of at least 4 members (excludes halogenated alkanes) is 16. The van der Waals surface area contributed by atoms with Gasteiger partial charge >= 0.3 is 6.16 Å². The highest BCUT2D eigenvalue weighted by atomic mass is 16.7. The van der Waals surface area contributed by atoms with E-state index in [-0.39, 0.29) is 0 Å². The van der Waals surface area contributed by atoms with Gasteiger partial charge in [0, 0.05) is 0 Å². The molecule has 0 aliphatic carbocycles. The quantitative estimate of drug-likeness (QED) is 0.175. The predicted molar refractivity (Wildman–Crippen MR) is 107 cm³/mol. The smallest absolute Gasteiger partial charge is 0.435 e. The molecule has 0 unspecified atom stereocenters. The summed E-state index contributed by atoms with van der Waals surface area (Å²) in [4.78, 5) is 11.0. The zero-order chi connectivity index (χ0) is 18.4. The van der Waals surface area contributed by atoms with E-state index in [0.29, 0.717) is 13.2 Å². The average molecular weight is 357 g/mol. The number of hydrogen-bond donors (Lipinski definition) is 0. The molecule has 0 saturated heterocycles. The molecule has 0 atom stereocenters. The Bertz CT molecular complexity index is 266. The largest absolute Gasteiger partial charge is 0.508 e. The van der Waals surface area contributed by atoms with E-state index in [1.165, 1.54) is 96.3 Å². The maximum Gasteiger partial charge on any atom is 0.508 e. The van der Waals surface area contributed by atoms with Crippen molar-refractivity contribution in [2.45, 2.75) is 123 Å². The third-order valence-electron chi connectivity index (χ3n) is 4.73. The van der Waals surface area contributed by atoms with Gasteiger partial charge in [0.1, 0.15) is 0 Å². The van der Waals surface area contributed by atoms with Gasteiger partial charge in [-0.2, -0.15) is 0 Å². The number of carbonyl (C=O) groups excluding carboxylic acids is 1. The highest BCUT2D eigenvalue weighted by Crippen LogP contribution is 2.14. The van der Waals surface area contributed by atoms with Gasteiger partial charge in [-0.1, -0.05) is 110 Å². The third kappa shape index (κ3) is 21.2. The van der Waals surface area contributed by atoms with E-state index in [9.17, 15) is 4.79 Å². The van der Waals surface area contributed by atoms with Crippen LogP contribution < -0.4 is 0 Å². The monoisotopic (exact) mass is 356 g/mol. The van der Waals surface area contributed by atoms with Crippen LogP contribution in [0.3, 0.4) is 0 Å². The first-order valence-electron chi connectivity index (χ1n) is 11.1. The van der Waals surface area contributed by atoms with Crippen molar-refractivity contribution in [2.75, 3.05) is 13.2 Å². The van der Waals surface area contributed by atoms with E-state index < -0.39 is 6.16 Å². The molecule has 0 aromatic rings. The minimum absolute atomic E-state index is 0.387. The molecule has 0 aliphatic heterocycles. The van der Waals surface area contributed by atoms with E-state index >= 15 is 0 Å². The summed E-state index contributed by atoms with van der Waals surface area (Å²) in [6.07, 6.45) is 22.6. The summed E-state index contributed by atoms with van der Waals surface area (Å²) in [6.45, 7) is 4.95. The Morgan fingerprint density at radius 1 is 0.520 bits per heavy atom. The van der Waals surface area contributed by atoms with Crippen LogP contribution in [0.5, 0.6) is 0 Å². The lowest BCUT2D eigenvalue weighted by Crippen LogP contribution is -2.07. The molecule has 0 N–H and O–H groups in total. The maximum atomic E-state index is 11.0. The Balaban J connectivity index is 3.02. The normalized spacial score (nSPS) is 10.8. The lowest BCUT2D eigenvalue weighted by atomic mass is 10.0. The summed E-state index contributed by atoms with van der Waals surface area (Å²) >= 11 is 0. The molecule has 0 heterocycles. The molecule has 3 nitrogen and oxygen atoms in total. The van der Waals surface area contributed by atoms with Crippen molar-refractivity contribution in [2.24, 2.45) is 0 Å².